The maximum absolute atomic E-state index is 12.5. The molecule has 4 nitrogen and oxygen atoms in total. The van der Waals surface area contributed by atoms with Crippen molar-refractivity contribution >= 4 is 5.91 Å². The van der Waals surface area contributed by atoms with Gasteiger partial charge in [0.1, 0.15) is 11.5 Å². The van der Waals surface area contributed by atoms with Gasteiger partial charge < -0.3 is 10.3 Å². The number of alkyl halides is 3. The molecule has 0 spiro atoms. The predicted molar refractivity (Wildman–Crippen MR) is 75.7 cm³/mol. The highest BCUT2D eigenvalue weighted by atomic mass is 19.4. The second-order valence-corrected chi connectivity index (χ2v) is 6.92. The Morgan fingerprint density at radius 1 is 1.45 bits per heavy atom. The highest BCUT2D eigenvalue weighted by Gasteiger charge is 2.54. The van der Waals surface area contributed by atoms with E-state index in [1.807, 2.05) is 6.92 Å². The number of carbonyl (C=O) groups excluding carboxylic acids is 1. The van der Waals surface area contributed by atoms with Crippen molar-refractivity contribution in [1.29, 1.82) is 0 Å². The van der Waals surface area contributed by atoms with Gasteiger partial charge in [-0.25, -0.2) is 4.98 Å². The summed E-state index contributed by atoms with van der Waals surface area (Å²) in [6, 6.07) is 0. The van der Waals surface area contributed by atoms with Crippen molar-refractivity contribution in [2.45, 2.75) is 53.3 Å². The minimum absolute atomic E-state index is 0.0328. The maximum Gasteiger partial charge on any atom is 0.432 e. The number of amides is 1. The molecule has 0 aromatic carbocycles. The number of aromatic nitrogens is 2. The fourth-order valence-corrected chi connectivity index (χ4v) is 3.09. The van der Waals surface area contributed by atoms with Crippen LogP contribution < -0.4 is 5.32 Å². The van der Waals surface area contributed by atoms with Gasteiger partial charge in [0.2, 0.25) is 5.91 Å². The van der Waals surface area contributed by atoms with E-state index >= 15 is 0 Å². The van der Waals surface area contributed by atoms with Crippen molar-refractivity contribution in [3.05, 3.63) is 17.7 Å². The number of hydrogen-bond acceptors (Lipinski definition) is 2. The fourth-order valence-electron chi connectivity index (χ4n) is 3.09. The Labute approximate surface area is 127 Å². The van der Waals surface area contributed by atoms with Crippen molar-refractivity contribution in [2.24, 2.45) is 16.7 Å². The first kappa shape index (κ1) is 16.8. The smallest absolute Gasteiger partial charge is 0.348 e. The van der Waals surface area contributed by atoms with Crippen molar-refractivity contribution in [3.8, 4) is 0 Å². The van der Waals surface area contributed by atoms with E-state index < -0.39 is 17.3 Å². The van der Waals surface area contributed by atoms with E-state index in [-0.39, 0.29) is 23.7 Å². The first-order valence-corrected chi connectivity index (χ1v) is 7.38. The molecule has 0 saturated heterocycles. The first-order valence-electron chi connectivity index (χ1n) is 7.38. The van der Waals surface area contributed by atoms with Crippen molar-refractivity contribution in [3.63, 3.8) is 0 Å². The van der Waals surface area contributed by atoms with Crippen LogP contribution >= 0.6 is 0 Å². The molecule has 1 heterocycles. The number of imidazole rings is 1. The highest BCUT2D eigenvalue weighted by Crippen LogP contribution is 2.55. The number of aromatic amines is 1. The molecular formula is C15H22F3N3O. The molecule has 22 heavy (non-hydrogen) atoms. The molecule has 0 radical (unpaired) electrons. The molecule has 0 unspecified atom stereocenters. The minimum atomic E-state index is -4.45. The van der Waals surface area contributed by atoms with Gasteiger partial charge in [0, 0.05) is 0 Å². The van der Waals surface area contributed by atoms with Gasteiger partial charge in [0.15, 0.2) is 0 Å². The quantitative estimate of drug-likeness (QED) is 0.896. The van der Waals surface area contributed by atoms with Gasteiger partial charge in [-0.05, 0) is 24.2 Å². The first-order chi connectivity index (χ1) is 9.98. The van der Waals surface area contributed by atoms with E-state index in [0.29, 0.717) is 5.92 Å². The SMILES string of the molecule is C[C@H]1CC[C@@](C)(C(=O)NCc2ncc(C(F)(F)F)[nH]2)C1(C)C. The van der Waals surface area contributed by atoms with E-state index in [0.717, 1.165) is 19.0 Å². The average Bonchev–Trinajstić information content (AvgIpc) is 2.96. The van der Waals surface area contributed by atoms with Crippen LogP contribution in [-0.4, -0.2) is 15.9 Å². The maximum atomic E-state index is 12.5. The molecule has 1 fully saturated rings. The zero-order valence-corrected chi connectivity index (χ0v) is 13.3. The summed E-state index contributed by atoms with van der Waals surface area (Å²) in [4.78, 5) is 18.4. The zero-order valence-electron chi connectivity index (χ0n) is 13.3. The molecule has 2 rings (SSSR count). The summed E-state index contributed by atoms with van der Waals surface area (Å²) in [7, 11) is 0. The van der Waals surface area contributed by atoms with Crippen LogP contribution in [0, 0.1) is 16.7 Å². The van der Waals surface area contributed by atoms with Gasteiger partial charge in [0.05, 0.1) is 18.2 Å². The van der Waals surface area contributed by atoms with Gasteiger partial charge in [-0.1, -0.05) is 27.7 Å². The zero-order chi connectivity index (χ0) is 16.8. The van der Waals surface area contributed by atoms with Crippen LogP contribution in [0.1, 0.15) is 52.1 Å². The van der Waals surface area contributed by atoms with Gasteiger partial charge in [-0.15, -0.1) is 0 Å². The van der Waals surface area contributed by atoms with E-state index in [1.54, 1.807) is 0 Å². The third kappa shape index (κ3) is 2.73. The van der Waals surface area contributed by atoms with Crippen LogP contribution in [-0.2, 0) is 17.5 Å². The molecule has 1 saturated carbocycles. The predicted octanol–water partition coefficient (Wildman–Crippen LogP) is 3.51. The molecule has 0 aliphatic heterocycles. The molecule has 124 valence electrons. The van der Waals surface area contributed by atoms with Crippen LogP contribution in [0.25, 0.3) is 0 Å². The molecule has 2 atom stereocenters. The molecule has 7 heteroatoms. The van der Waals surface area contributed by atoms with Crippen molar-refractivity contribution in [2.75, 3.05) is 0 Å². The largest absolute Gasteiger partial charge is 0.432 e. The second-order valence-electron chi connectivity index (χ2n) is 6.92. The molecule has 0 bridgehead atoms. The number of rotatable bonds is 3. The lowest BCUT2D eigenvalue weighted by Crippen LogP contribution is -2.46. The summed E-state index contributed by atoms with van der Waals surface area (Å²) >= 11 is 0. The lowest BCUT2D eigenvalue weighted by Gasteiger charge is -2.39. The number of nitrogens with one attached hydrogen (secondary N) is 2. The minimum Gasteiger partial charge on any atom is -0.348 e. The Bertz CT molecular complexity index is 565. The molecule has 2 N–H and O–H groups in total. The van der Waals surface area contributed by atoms with Crippen LogP contribution in [0.15, 0.2) is 6.20 Å². The Balaban J connectivity index is 2.03. The Kier molecular flexibility index (Phi) is 4.04. The number of H-pyrrole nitrogens is 1. The second kappa shape index (κ2) is 5.28. The number of hydrogen-bond donors (Lipinski definition) is 2. The summed E-state index contributed by atoms with van der Waals surface area (Å²) in [5.74, 6) is 0.392. The van der Waals surface area contributed by atoms with Crippen LogP contribution in [0.3, 0.4) is 0 Å². The van der Waals surface area contributed by atoms with Gasteiger partial charge in [0.25, 0.3) is 0 Å². The topological polar surface area (TPSA) is 57.8 Å². The number of carbonyl (C=O) groups is 1. The van der Waals surface area contributed by atoms with Crippen LogP contribution in [0.5, 0.6) is 0 Å². The number of halogens is 3. The summed E-state index contributed by atoms with van der Waals surface area (Å²) < 4.78 is 37.5. The normalized spacial score (nSPS) is 27.9. The molecule has 1 aliphatic rings. The van der Waals surface area contributed by atoms with Crippen molar-refractivity contribution < 1.29 is 18.0 Å². The van der Waals surface area contributed by atoms with Gasteiger partial charge >= 0.3 is 6.18 Å². The lowest BCUT2D eigenvalue weighted by atomic mass is 9.65. The standard InChI is InChI=1S/C15H22F3N3O/c1-9-5-6-14(4,13(9,2)3)12(22)20-8-11-19-7-10(21-11)15(16,17)18/h7,9H,5-6,8H2,1-4H3,(H,19,21)(H,20,22)/t9-,14-/m0/s1. The van der Waals surface area contributed by atoms with E-state index in [9.17, 15) is 18.0 Å². The van der Waals surface area contributed by atoms with E-state index in [4.69, 9.17) is 0 Å². The van der Waals surface area contributed by atoms with E-state index in [1.165, 1.54) is 0 Å². The van der Waals surface area contributed by atoms with Gasteiger partial charge in [-0.2, -0.15) is 13.2 Å². The monoisotopic (exact) mass is 317 g/mol. The third-order valence-corrected chi connectivity index (χ3v) is 5.58. The van der Waals surface area contributed by atoms with Crippen molar-refractivity contribution in [1.82, 2.24) is 15.3 Å². The Hall–Kier alpha value is -1.53. The molecular weight excluding hydrogens is 295 g/mol. The Morgan fingerprint density at radius 3 is 2.55 bits per heavy atom. The Morgan fingerprint density at radius 2 is 2.09 bits per heavy atom. The van der Waals surface area contributed by atoms with Gasteiger partial charge in [-0.3, -0.25) is 4.79 Å². The highest BCUT2D eigenvalue weighted by molar-refractivity contribution is 5.83. The molecule has 1 aliphatic carbocycles. The lowest BCUT2D eigenvalue weighted by molar-refractivity contribution is -0.140. The summed E-state index contributed by atoms with van der Waals surface area (Å²) in [6.07, 6.45) is -1.97. The number of nitrogens with zero attached hydrogens (tertiary/aromatic N) is 1. The summed E-state index contributed by atoms with van der Waals surface area (Å²) in [5.41, 5.74) is -1.58. The average molecular weight is 317 g/mol. The third-order valence-electron chi connectivity index (χ3n) is 5.58. The molecule has 1 aromatic rings. The van der Waals surface area contributed by atoms with Crippen LogP contribution in [0.4, 0.5) is 13.2 Å². The summed E-state index contributed by atoms with van der Waals surface area (Å²) in [5, 5.41) is 2.72. The fraction of sp³-hybridized carbons (Fsp3) is 0.733. The summed E-state index contributed by atoms with van der Waals surface area (Å²) in [6.45, 7) is 8.16. The molecule has 1 amide bonds. The van der Waals surface area contributed by atoms with E-state index in [2.05, 4.69) is 36.1 Å². The van der Waals surface area contributed by atoms with Crippen LogP contribution in [0.2, 0.25) is 0 Å². The molecule has 1 aromatic heterocycles.